The normalized spacial score (nSPS) is 12.8. The zero-order valence-corrected chi connectivity index (χ0v) is 10.9. The van der Waals surface area contributed by atoms with Crippen molar-refractivity contribution in [3.8, 4) is 0 Å². The van der Waals surface area contributed by atoms with Crippen LogP contribution in [0.3, 0.4) is 0 Å². The molecule has 0 aliphatic carbocycles. The molecule has 1 aromatic rings. The van der Waals surface area contributed by atoms with Crippen LogP contribution in [0.4, 0.5) is 13.2 Å². The molecule has 0 saturated heterocycles. The third-order valence-corrected chi connectivity index (χ3v) is 2.75. The lowest BCUT2D eigenvalue weighted by molar-refractivity contribution is -0.174. The number of halogens is 3. The van der Waals surface area contributed by atoms with E-state index in [0.717, 1.165) is 5.56 Å². The van der Waals surface area contributed by atoms with Crippen LogP contribution in [0.25, 0.3) is 0 Å². The Morgan fingerprint density at radius 1 is 1.30 bits per heavy atom. The molecular weight excluding hydrogens is 275 g/mol. The van der Waals surface area contributed by atoms with Crippen LogP contribution >= 0.6 is 0 Å². The second kappa shape index (κ2) is 5.94. The van der Waals surface area contributed by atoms with Crippen molar-refractivity contribution < 1.29 is 27.9 Å². The summed E-state index contributed by atoms with van der Waals surface area (Å²) in [5, 5.41) is 10.5. The number of hydrogen-bond acceptors (Lipinski definition) is 2. The van der Waals surface area contributed by atoms with E-state index < -0.39 is 30.5 Å². The molecule has 1 atom stereocenters. The van der Waals surface area contributed by atoms with Gasteiger partial charge >= 0.3 is 18.1 Å². The van der Waals surface area contributed by atoms with Gasteiger partial charge in [-0.2, -0.15) is 13.2 Å². The van der Waals surface area contributed by atoms with Crippen LogP contribution in [0.15, 0.2) is 18.2 Å². The number of aliphatic carboxylic acids is 1. The molecule has 0 fully saturated rings. The number of hydrogen-bond donors (Lipinski definition) is 2. The van der Waals surface area contributed by atoms with E-state index in [9.17, 15) is 22.8 Å². The van der Waals surface area contributed by atoms with Crippen molar-refractivity contribution in [1.29, 1.82) is 0 Å². The van der Waals surface area contributed by atoms with E-state index in [1.54, 1.807) is 37.4 Å². The monoisotopic (exact) mass is 289 g/mol. The fourth-order valence-corrected chi connectivity index (χ4v) is 1.79. The van der Waals surface area contributed by atoms with E-state index in [0.29, 0.717) is 11.1 Å². The number of alkyl halides is 3. The summed E-state index contributed by atoms with van der Waals surface area (Å²) in [6.07, 6.45) is -5.67. The molecular formula is C13H14F3NO3. The number of carboxylic acid groups (broad SMARTS) is 1. The molecule has 0 bridgehead atoms. The molecule has 2 N–H and O–H groups in total. The topological polar surface area (TPSA) is 66.4 Å². The van der Waals surface area contributed by atoms with Crippen molar-refractivity contribution in [2.45, 2.75) is 32.5 Å². The number of rotatable bonds is 4. The van der Waals surface area contributed by atoms with Gasteiger partial charge < -0.3 is 10.4 Å². The highest BCUT2D eigenvalue weighted by molar-refractivity contribution is 5.82. The third-order valence-electron chi connectivity index (χ3n) is 2.75. The number of carbonyl (C=O) groups is 2. The number of amides is 1. The standard InChI is InChI=1S/C13H14F3NO3/c1-7-3-4-8(2)9(5-7)10(6-11(18)19)17-12(20)13(14,15)16/h3-5,10H,6H2,1-2H3,(H,17,20)(H,18,19). The Hall–Kier alpha value is -2.05. The Morgan fingerprint density at radius 2 is 1.90 bits per heavy atom. The second-order valence-electron chi connectivity index (χ2n) is 4.48. The van der Waals surface area contributed by atoms with Crippen molar-refractivity contribution in [3.63, 3.8) is 0 Å². The van der Waals surface area contributed by atoms with Gasteiger partial charge in [-0.15, -0.1) is 0 Å². The fraction of sp³-hybridized carbons (Fsp3) is 0.385. The smallest absolute Gasteiger partial charge is 0.471 e. The number of benzene rings is 1. The highest BCUT2D eigenvalue weighted by Gasteiger charge is 2.40. The van der Waals surface area contributed by atoms with Gasteiger partial charge in [-0.1, -0.05) is 23.8 Å². The Morgan fingerprint density at radius 3 is 2.40 bits per heavy atom. The molecule has 0 aliphatic heterocycles. The van der Waals surface area contributed by atoms with Crippen molar-refractivity contribution in [1.82, 2.24) is 5.32 Å². The predicted octanol–water partition coefficient (Wildman–Crippen LogP) is 2.50. The molecule has 20 heavy (non-hydrogen) atoms. The summed E-state index contributed by atoms with van der Waals surface area (Å²) in [7, 11) is 0. The lowest BCUT2D eigenvalue weighted by atomic mass is 9.96. The van der Waals surface area contributed by atoms with E-state index in [-0.39, 0.29) is 0 Å². The van der Waals surface area contributed by atoms with Crippen molar-refractivity contribution in [2.75, 3.05) is 0 Å². The lowest BCUT2D eigenvalue weighted by Gasteiger charge is -2.20. The summed E-state index contributed by atoms with van der Waals surface area (Å²) in [5.74, 6) is -3.44. The molecule has 1 unspecified atom stereocenters. The first-order valence-corrected chi connectivity index (χ1v) is 5.78. The predicted molar refractivity (Wildman–Crippen MR) is 65.1 cm³/mol. The fourth-order valence-electron chi connectivity index (χ4n) is 1.79. The average molecular weight is 289 g/mol. The third kappa shape index (κ3) is 4.25. The number of carboxylic acids is 1. The van der Waals surface area contributed by atoms with Crippen molar-refractivity contribution in [3.05, 3.63) is 34.9 Å². The summed E-state index contributed by atoms with van der Waals surface area (Å²) in [6, 6.07) is 3.77. The molecule has 1 amide bonds. The SMILES string of the molecule is Cc1ccc(C)c(C(CC(=O)O)NC(=O)C(F)(F)F)c1. The van der Waals surface area contributed by atoms with Gasteiger partial charge in [0.1, 0.15) is 0 Å². The number of aryl methyl sites for hydroxylation is 2. The molecule has 0 spiro atoms. The number of carbonyl (C=O) groups excluding carboxylic acids is 1. The van der Waals surface area contributed by atoms with Crippen molar-refractivity contribution in [2.24, 2.45) is 0 Å². The van der Waals surface area contributed by atoms with Crippen LogP contribution < -0.4 is 5.32 Å². The quantitative estimate of drug-likeness (QED) is 0.895. The van der Waals surface area contributed by atoms with E-state index in [2.05, 4.69) is 0 Å². The Balaban J connectivity index is 3.09. The average Bonchev–Trinajstić information content (AvgIpc) is 2.29. The van der Waals surface area contributed by atoms with Crippen LogP contribution in [0.1, 0.15) is 29.2 Å². The maximum absolute atomic E-state index is 12.3. The Labute approximate surface area is 113 Å². The molecule has 0 saturated carbocycles. The van der Waals surface area contributed by atoms with E-state index in [1.165, 1.54) is 0 Å². The van der Waals surface area contributed by atoms with Gasteiger partial charge in [0.15, 0.2) is 0 Å². The summed E-state index contributed by atoms with van der Waals surface area (Å²) in [6.45, 7) is 3.37. The zero-order valence-electron chi connectivity index (χ0n) is 10.9. The largest absolute Gasteiger partial charge is 0.481 e. The first kappa shape index (κ1) is 16.0. The minimum atomic E-state index is -5.05. The van der Waals surface area contributed by atoms with Gasteiger partial charge in [-0.25, -0.2) is 0 Å². The highest BCUT2D eigenvalue weighted by atomic mass is 19.4. The summed E-state index contributed by atoms with van der Waals surface area (Å²) >= 11 is 0. The molecule has 7 heteroatoms. The van der Waals surface area contributed by atoms with Crippen LogP contribution in [0.5, 0.6) is 0 Å². The van der Waals surface area contributed by atoms with Gasteiger partial charge in [0.2, 0.25) is 0 Å². The summed E-state index contributed by atoms with van der Waals surface area (Å²) in [5.41, 5.74) is 1.75. The van der Waals surface area contributed by atoms with Gasteiger partial charge in [-0.3, -0.25) is 9.59 Å². The molecule has 1 aromatic carbocycles. The molecule has 0 radical (unpaired) electrons. The first-order chi connectivity index (χ1) is 9.11. The minimum absolute atomic E-state index is 0.366. The van der Waals surface area contributed by atoms with Gasteiger partial charge in [0, 0.05) is 0 Å². The maximum Gasteiger partial charge on any atom is 0.471 e. The lowest BCUT2D eigenvalue weighted by Crippen LogP contribution is -2.40. The van der Waals surface area contributed by atoms with Crippen LogP contribution in [0, 0.1) is 13.8 Å². The van der Waals surface area contributed by atoms with E-state index >= 15 is 0 Å². The Bertz CT molecular complexity index is 526. The highest BCUT2D eigenvalue weighted by Crippen LogP contribution is 2.24. The minimum Gasteiger partial charge on any atom is -0.481 e. The molecule has 4 nitrogen and oxygen atoms in total. The van der Waals surface area contributed by atoms with Crippen molar-refractivity contribution >= 4 is 11.9 Å². The first-order valence-electron chi connectivity index (χ1n) is 5.78. The summed E-state index contributed by atoms with van der Waals surface area (Å²) < 4.78 is 36.8. The second-order valence-corrected chi connectivity index (χ2v) is 4.48. The molecule has 0 heterocycles. The van der Waals surface area contributed by atoms with Crippen LogP contribution in [-0.2, 0) is 9.59 Å². The Kier molecular flexibility index (Phi) is 4.75. The van der Waals surface area contributed by atoms with Crippen LogP contribution in [-0.4, -0.2) is 23.2 Å². The van der Waals surface area contributed by atoms with Gasteiger partial charge in [0.25, 0.3) is 0 Å². The molecule has 110 valence electrons. The molecule has 0 aliphatic rings. The maximum atomic E-state index is 12.3. The van der Waals surface area contributed by atoms with Gasteiger partial charge in [-0.05, 0) is 25.0 Å². The summed E-state index contributed by atoms with van der Waals surface area (Å²) in [4.78, 5) is 21.8. The van der Waals surface area contributed by atoms with Gasteiger partial charge in [0.05, 0.1) is 12.5 Å². The zero-order chi connectivity index (χ0) is 15.5. The van der Waals surface area contributed by atoms with E-state index in [4.69, 9.17) is 5.11 Å². The number of nitrogens with one attached hydrogen (secondary N) is 1. The van der Waals surface area contributed by atoms with Crippen LogP contribution in [0.2, 0.25) is 0 Å². The van der Waals surface area contributed by atoms with E-state index in [1.807, 2.05) is 0 Å². The molecule has 1 rings (SSSR count). The molecule has 0 aromatic heterocycles.